The Hall–Kier alpha value is -1.23. The minimum atomic E-state index is 0.102. The molecule has 2 atom stereocenters. The third kappa shape index (κ3) is 4.13. The van der Waals surface area contributed by atoms with Gasteiger partial charge >= 0.3 is 0 Å². The minimum absolute atomic E-state index is 0.102. The molecule has 102 valence electrons. The number of methoxy groups -OCH3 is 1. The molecule has 2 aromatic rings. The van der Waals surface area contributed by atoms with Crippen LogP contribution in [-0.2, 0) is 11.2 Å². The monoisotopic (exact) mass is 276 g/mol. The third-order valence-electron chi connectivity index (χ3n) is 3.10. The number of rotatable bonds is 6. The molecule has 0 aliphatic heterocycles. The molecule has 0 aliphatic rings. The second-order valence-electron chi connectivity index (χ2n) is 4.74. The van der Waals surface area contributed by atoms with Crippen LogP contribution in [0.5, 0.6) is 0 Å². The fourth-order valence-electron chi connectivity index (χ4n) is 1.98. The Balaban J connectivity index is 1.98. The molecule has 0 saturated heterocycles. The molecule has 0 radical (unpaired) electrons. The molecule has 2 rings (SSSR count). The molecule has 1 aromatic heterocycles. The van der Waals surface area contributed by atoms with Gasteiger partial charge < -0.3 is 10.5 Å². The van der Waals surface area contributed by atoms with Crippen LogP contribution in [0, 0.1) is 0 Å². The van der Waals surface area contributed by atoms with Gasteiger partial charge in [-0.15, -0.1) is 11.3 Å². The maximum absolute atomic E-state index is 6.12. The number of aromatic nitrogens is 1. The first-order valence-corrected chi connectivity index (χ1v) is 7.35. The van der Waals surface area contributed by atoms with E-state index >= 15 is 0 Å². The van der Waals surface area contributed by atoms with E-state index in [1.807, 2.05) is 25.1 Å². The van der Waals surface area contributed by atoms with E-state index in [1.165, 1.54) is 0 Å². The van der Waals surface area contributed by atoms with Gasteiger partial charge in [0.2, 0.25) is 0 Å². The molecule has 1 aromatic carbocycles. The molecule has 4 heteroatoms. The molecule has 2 unspecified atom stereocenters. The van der Waals surface area contributed by atoms with Gasteiger partial charge in [-0.05, 0) is 13.3 Å². The van der Waals surface area contributed by atoms with E-state index in [1.54, 1.807) is 18.4 Å². The van der Waals surface area contributed by atoms with Crippen molar-refractivity contribution >= 4 is 11.3 Å². The van der Waals surface area contributed by atoms with Crippen molar-refractivity contribution in [3.63, 3.8) is 0 Å². The molecule has 1 heterocycles. The number of benzene rings is 1. The van der Waals surface area contributed by atoms with Crippen molar-refractivity contribution in [3.8, 4) is 11.3 Å². The van der Waals surface area contributed by atoms with Crippen LogP contribution in [0.15, 0.2) is 35.7 Å². The van der Waals surface area contributed by atoms with E-state index in [-0.39, 0.29) is 12.1 Å². The number of hydrogen-bond donors (Lipinski definition) is 1. The lowest BCUT2D eigenvalue weighted by Crippen LogP contribution is -2.27. The van der Waals surface area contributed by atoms with Gasteiger partial charge in [0.15, 0.2) is 0 Å². The van der Waals surface area contributed by atoms with Crippen molar-refractivity contribution in [1.82, 2.24) is 4.98 Å². The highest BCUT2D eigenvalue weighted by Gasteiger charge is 2.12. The smallest absolute Gasteiger partial charge is 0.0948 e. The first kappa shape index (κ1) is 14.2. The topological polar surface area (TPSA) is 48.1 Å². The quantitative estimate of drug-likeness (QED) is 0.882. The highest BCUT2D eigenvalue weighted by atomic mass is 32.1. The Morgan fingerprint density at radius 1 is 1.32 bits per heavy atom. The summed E-state index contributed by atoms with van der Waals surface area (Å²) in [4.78, 5) is 4.65. The zero-order chi connectivity index (χ0) is 13.7. The standard InChI is InChI=1S/C15H20N2OS/c1-11(18-2)8-13(16)9-15-17-14(10-19-15)12-6-4-3-5-7-12/h3-7,10-11,13H,8-9,16H2,1-2H3. The lowest BCUT2D eigenvalue weighted by molar-refractivity contribution is 0.104. The van der Waals surface area contributed by atoms with Crippen molar-refractivity contribution in [2.24, 2.45) is 5.73 Å². The van der Waals surface area contributed by atoms with Gasteiger partial charge in [-0.3, -0.25) is 0 Å². The first-order chi connectivity index (χ1) is 9.19. The summed E-state index contributed by atoms with van der Waals surface area (Å²) in [5.41, 5.74) is 8.31. The van der Waals surface area contributed by atoms with Crippen LogP contribution in [-0.4, -0.2) is 24.2 Å². The largest absolute Gasteiger partial charge is 0.382 e. The zero-order valence-corrected chi connectivity index (χ0v) is 12.2. The number of nitrogens with two attached hydrogens (primary N) is 1. The van der Waals surface area contributed by atoms with Gasteiger partial charge in [-0.25, -0.2) is 4.98 Å². The van der Waals surface area contributed by atoms with E-state index < -0.39 is 0 Å². The predicted octanol–water partition coefficient (Wildman–Crippen LogP) is 3.10. The zero-order valence-electron chi connectivity index (χ0n) is 11.4. The third-order valence-corrected chi connectivity index (χ3v) is 3.97. The summed E-state index contributed by atoms with van der Waals surface area (Å²) in [6.45, 7) is 2.04. The van der Waals surface area contributed by atoms with Gasteiger partial charge in [0.25, 0.3) is 0 Å². The molecular formula is C15H20N2OS. The number of nitrogens with zero attached hydrogens (tertiary/aromatic N) is 1. The van der Waals surface area contributed by atoms with E-state index in [0.29, 0.717) is 0 Å². The van der Waals surface area contributed by atoms with Gasteiger partial charge in [0, 0.05) is 30.5 Å². The number of hydrogen-bond acceptors (Lipinski definition) is 4. The number of thiazole rings is 1. The summed E-state index contributed by atoms with van der Waals surface area (Å²) >= 11 is 1.68. The van der Waals surface area contributed by atoms with Crippen LogP contribution in [0.3, 0.4) is 0 Å². The van der Waals surface area contributed by atoms with Crippen molar-refractivity contribution in [2.75, 3.05) is 7.11 Å². The van der Waals surface area contributed by atoms with Crippen LogP contribution < -0.4 is 5.73 Å². The Morgan fingerprint density at radius 3 is 2.74 bits per heavy atom. The summed E-state index contributed by atoms with van der Waals surface area (Å²) in [7, 11) is 1.72. The van der Waals surface area contributed by atoms with Crippen LogP contribution in [0.4, 0.5) is 0 Å². The Morgan fingerprint density at radius 2 is 2.05 bits per heavy atom. The van der Waals surface area contributed by atoms with E-state index in [4.69, 9.17) is 10.5 Å². The highest BCUT2D eigenvalue weighted by molar-refractivity contribution is 7.09. The second-order valence-corrected chi connectivity index (χ2v) is 5.68. The molecule has 19 heavy (non-hydrogen) atoms. The molecule has 0 amide bonds. The molecule has 0 saturated carbocycles. The SMILES string of the molecule is COC(C)CC(N)Cc1nc(-c2ccccc2)cs1. The lowest BCUT2D eigenvalue weighted by Gasteiger charge is -2.14. The fourth-order valence-corrected chi connectivity index (χ4v) is 2.87. The van der Waals surface area contributed by atoms with Gasteiger partial charge in [-0.1, -0.05) is 30.3 Å². The molecular weight excluding hydrogens is 256 g/mol. The molecule has 3 nitrogen and oxygen atoms in total. The normalized spacial score (nSPS) is 14.3. The van der Waals surface area contributed by atoms with Gasteiger partial charge in [0.05, 0.1) is 16.8 Å². The average Bonchev–Trinajstić information content (AvgIpc) is 2.88. The Labute approximate surface area is 118 Å². The Bertz CT molecular complexity index is 498. The van der Waals surface area contributed by atoms with Crippen molar-refractivity contribution < 1.29 is 4.74 Å². The highest BCUT2D eigenvalue weighted by Crippen LogP contribution is 2.22. The number of ether oxygens (including phenoxy) is 1. The first-order valence-electron chi connectivity index (χ1n) is 6.47. The second kappa shape index (κ2) is 6.80. The molecule has 2 N–H and O–H groups in total. The average molecular weight is 276 g/mol. The molecule has 0 bridgehead atoms. The summed E-state index contributed by atoms with van der Waals surface area (Å²) in [5.74, 6) is 0. The van der Waals surface area contributed by atoms with Crippen LogP contribution in [0.2, 0.25) is 0 Å². The Kier molecular flexibility index (Phi) is 5.07. The maximum atomic E-state index is 6.12. The van der Waals surface area contributed by atoms with Crippen molar-refractivity contribution in [2.45, 2.75) is 31.9 Å². The summed E-state index contributed by atoms with van der Waals surface area (Å²) in [5, 5.41) is 3.19. The molecule has 0 fully saturated rings. The fraction of sp³-hybridized carbons (Fsp3) is 0.400. The van der Waals surface area contributed by atoms with Crippen LogP contribution >= 0.6 is 11.3 Å². The molecule has 0 spiro atoms. The summed E-state index contributed by atoms with van der Waals surface area (Å²) in [6.07, 6.45) is 1.87. The van der Waals surface area contributed by atoms with E-state index in [0.717, 1.165) is 29.1 Å². The van der Waals surface area contributed by atoms with Crippen LogP contribution in [0.25, 0.3) is 11.3 Å². The van der Waals surface area contributed by atoms with Crippen molar-refractivity contribution in [3.05, 3.63) is 40.7 Å². The maximum Gasteiger partial charge on any atom is 0.0948 e. The predicted molar refractivity (Wildman–Crippen MR) is 80.3 cm³/mol. The molecule has 0 aliphatic carbocycles. The van der Waals surface area contributed by atoms with E-state index in [2.05, 4.69) is 22.5 Å². The van der Waals surface area contributed by atoms with Crippen LogP contribution in [0.1, 0.15) is 18.4 Å². The van der Waals surface area contributed by atoms with Crippen molar-refractivity contribution in [1.29, 1.82) is 0 Å². The summed E-state index contributed by atoms with van der Waals surface area (Å²) < 4.78 is 5.24. The van der Waals surface area contributed by atoms with Gasteiger partial charge in [0.1, 0.15) is 0 Å². The minimum Gasteiger partial charge on any atom is -0.382 e. The summed E-state index contributed by atoms with van der Waals surface area (Å²) in [6, 6.07) is 10.3. The lowest BCUT2D eigenvalue weighted by atomic mass is 10.1. The van der Waals surface area contributed by atoms with E-state index in [9.17, 15) is 0 Å². The van der Waals surface area contributed by atoms with Gasteiger partial charge in [-0.2, -0.15) is 0 Å².